The number of amides is 1. The zero-order valence-electron chi connectivity index (χ0n) is 13.5. The van der Waals surface area contributed by atoms with Crippen molar-refractivity contribution in [1.82, 2.24) is 19.7 Å². The molecule has 0 aliphatic rings. The number of rotatable bonds is 3. The van der Waals surface area contributed by atoms with Crippen molar-refractivity contribution in [2.45, 2.75) is 20.8 Å². The van der Waals surface area contributed by atoms with Gasteiger partial charge in [-0.15, -0.1) is 0 Å². The standard InChI is InChI=1S/C17H16ClN5O/c1-10-11(2)22-23(12(10)3)17-19-8-13(9-20-17)21-16(24)14-6-4-5-7-15(14)18/h4-9H,1-3H3,(H,21,24). The molecule has 0 bridgehead atoms. The molecule has 122 valence electrons. The van der Waals surface area contributed by atoms with E-state index in [1.165, 1.54) is 0 Å². The molecule has 0 aliphatic heterocycles. The lowest BCUT2D eigenvalue weighted by Gasteiger charge is -2.07. The molecule has 0 unspecified atom stereocenters. The number of benzene rings is 1. The second-order valence-electron chi connectivity index (χ2n) is 5.41. The van der Waals surface area contributed by atoms with E-state index in [2.05, 4.69) is 20.4 Å². The van der Waals surface area contributed by atoms with Crippen LogP contribution in [0.5, 0.6) is 0 Å². The van der Waals surface area contributed by atoms with Gasteiger partial charge in [0.2, 0.25) is 0 Å². The van der Waals surface area contributed by atoms with Gasteiger partial charge in [0.25, 0.3) is 11.9 Å². The molecule has 2 aromatic heterocycles. The van der Waals surface area contributed by atoms with Crippen LogP contribution < -0.4 is 5.32 Å². The molecule has 0 saturated carbocycles. The first-order valence-corrected chi connectivity index (χ1v) is 7.76. The summed E-state index contributed by atoms with van der Waals surface area (Å²) in [7, 11) is 0. The molecule has 0 spiro atoms. The summed E-state index contributed by atoms with van der Waals surface area (Å²) in [6, 6.07) is 6.85. The summed E-state index contributed by atoms with van der Waals surface area (Å²) in [5.41, 5.74) is 3.92. The highest BCUT2D eigenvalue weighted by atomic mass is 35.5. The van der Waals surface area contributed by atoms with Crippen molar-refractivity contribution in [3.05, 3.63) is 64.2 Å². The Morgan fingerprint density at radius 2 is 1.79 bits per heavy atom. The predicted octanol–water partition coefficient (Wildman–Crippen LogP) is 3.49. The first kappa shape index (κ1) is 16.1. The van der Waals surface area contributed by atoms with E-state index in [1.54, 1.807) is 41.3 Å². The fraction of sp³-hybridized carbons (Fsp3) is 0.176. The van der Waals surface area contributed by atoms with Crippen LogP contribution in [0.1, 0.15) is 27.3 Å². The monoisotopic (exact) mass is 341 g/mol. The van der Waals surface area contributed by atoms with E-state index >= 15 is 0 Å². The quantitative estimate of drug-likeness (QED) is 0.791. The van der Waals surface area contributed by atoms with E-state index in [9.17, 15) is 4.79 Å². The Bertz CT molecular complexity index is 902. The minimum Gasteiger partial charge on any atom is -0.319 e. The van der Waals surface area contributed by atoms with Gasteiger partial charge < -0.3 is 5.32 Å². The molecule has 1 N–H and O–H groups in total. The normalized spacial score (nSPS) is 10.7. The van der Waals surface area contributed by atoms with Crippen molar-refractivity contribution >= 4 is 23.2 Å². The third-order valence-corrected chi connectivity index (χ3v) is 4.19. The average Bonchev–Trinajstić information content (AvgIpc) is 2.83. The molecule has 7 heteroatoms. The van der Waals surface area contributed by atoms with Crippen LogP contribution in [0.25, 0.3) is 5.95 Å². The molecular weight excluding hydrogens is 326 g/mol. The number of hydrogen-bond donors (Lipinski definition) is 1. The van der Waals surface area contributed by atoms with Gasteiger partial charge in [-0.3, -0.25) is 4.79 Å². The number of nitrogens with one attached hydrogen (secondary N) is 1. The van der Waals surface area contributed by atoms with Crippen LogP contribution in [0.2, 0.25) is 5.02 Å². The number of anilines is 1. The highest BCUT2D eigenvalue weighted by Crippen LogP contribution is 2.18. The topological polar surface area (TPSA) is 72.7 Å². The molecule has 6 nitrogen and oxygen atoms in total. The SMILES string of the molecule is Cc1nn(-c2ncc(NC(=O)c3ccccc3Cl)cn2)c(C)c1C. The van der Waals surface area contributed by atoms with Crippen LogP contribution in [0.4, 0.5) is 5.69 Å². The molecule has 0 atom stereocenters. The Morgan fingerprint density at radius 1 is 1.12 bits per heavy atom. The Hall–Kier alpha value is -2.73. The highest BCUT2D eigenvalue weighted by Gasteiger charge is 2.13. The zero-order valence-corrected chi connectivity index (χ0v) is 14.3. The average molecular weight is 342 g/mol. The van der Waals surface area contributed by atoms with Crippen LogP contribution in [0, 0.1) is 20.8 Å². The number of carbonyl (C=O) groups is 1. The Morgan fingerprint density at radius 3 is 2.38 bits per heavy atom. The maximum absolute atomic E-state index is 12.2. The molecule has 2 heterocycles. The maximum atomic E-state index is 12.2. The van der Waals surface area contributed by atoms with E-state index in [1.807, 2.05) is 20.8 Å². The molecule has 3 aromatic rings. The zero-order chi connectivity index (χ0) is 17.3. The summed E-state index contributed by atoms with van der Waals surface area (Å²) in [5.74, 6) is 0.151. The number of halogens is 1. The first-order chi connectivity index (χ1) is 11.5. The second kappa shape index (κ2) is 6.41. The molecule has 24 heavy (non-hydrogen) atoms. The largest absolute Gasteiger partial charge is 0.319 e. The van der Waals surface area contributed by atoms with Crippen molar-refractivity contribution in [2.24, 2.45) is 0 Å². The van der Waals surface area contributed by atoms with Gasteiger partial charge in [-0.1, -0.05) is 23.7 Å². The van der Waals surface area contributed by atoms with E-state index in [0.717, 1.165) is 17.0 Å². The fourth-order valence-corrected chi connectivity index (χ4v) is 2.48. The number of aromatic nitrogens is 4. The van der Waals surface area contributed by atoms with Gasteiger partial charge in [-0.25, -0.2) is 14.6 Å². The van der Waals surface area contributed by atoms with Crippen molar-refractivity contribution in [1.29, 1.82) is 0 Å². The van der Waals surface area contributed by atoms with Crippen molar-refractivity contribution in [3.8, 4) is 5.95 Å². The van der Waals surface area contributed by atoms with Gasteiger partial charge >= 0.3 is 0 Å². The summed E-state index contributed by atoms with van der Waals surface area (Å²) >= 11 is 6.02. The minimum atomic E-state index is -0.307. The fourth-order valence-electron chi connectivity index (χ4n) is 2.25. The lowest BCUT2D eigenvalue weighted by molar-refractivity contribution is 0.102. The summed E-state index contributed by atoms with van der Waals surface area (Å²) in [6.45, 7) is 5.91. The Balaban J connectivity index is 1.81. The molecule has 1 aromatic carbocycles. The van der Waals surface area contributed by atoms with Crippen molar-refractivity contribution in [2.75, 3.05) is 5.32 Å². The Labute approximate surface area is 144 Å². The lowest BCUT2D eigenvalue weighted by Crippen LogP contribution is -2.13. The maximum Gasteiger partial charge on any atom is 0.257 e. The first-order valence-electron chi connectivity index (χ1n) is 7.38. The third kappa shape index (κ3) is 3.00. The van der Waals surface area contributed by atoms with E-state index in [4.69, 9.17) is 11.6 Å². The summed E-state index contributed by atoms with van der Waals surface area (Å²) < 4.78 is 1.68. The van der Waals surface area contributed by atoms with Crippen molar-refractivity contribution in [3.63, 3.8) is 0 Å². The van der Waals surface area contributed by atoms with Gasteiger partial charge in [0.15, 0.2) is 0 Å². The van der Waals surface area contributed by atoms with Crippen molar-refractivity contribution < 1.29 is 4.79 Å². The van der Waals surface area contributed by atoms with E-state index < -0.39 is 0 Å². The van der Waals surface area contributed by atoms with E-state index in [-0.39, 0.29) is 5.91 Å². The number of nitrogens with zero attached hydrogens (tertiary/aromatic N) is 4. The van der Waals surface area contributed by atoms with Crippen LogP contribution in [-0.4, -0.2) is 25.7 Å². The second-order valence-corrected chi connectivity index (χ2v) is 5.82. The van der Waals surface area contributed by atoms with E-state index in [0.29, 0.717) is 22.2 Å². The molecule has 0 aliphatic carbocycles. The van der Waals surface area contributed by atoms with Gasteiger partial charge in [0.05, 0.1) is 34.4 Å². The molecule has 0 saturated heterocycles. The molecular formula is C17H16ClN5O. The number of hydrogen-bond acceptors (Lipinski definition) is 4. The van der Waals surface area contributed by atoms with Gasteiger partial charge in [-0.2, -0.15) is 5.10 Å². The van der Waals surface area contributed by atoms with Gasteiger partial charge in [0.1, 0.15) is 0 Å². The van der Waals surface area contributed by atoms with Crippen LogP contribution in [0.15, 0.2) is 36.7 Å². The number of carbonyl (C=O) groups excluding carboxylic acids is 1. The molecule has 3 rings (SSSR count). The van der Waals surface area contributed by atoms with Crippen LogP contribution in [0.3, 0.4) is 0 Å². The highest BCUT2D eigenvalue weighted by molar-refractivity contribution is 6.34. The predicted molar refractivity (Wildman–Crippen MR) is 92.8 cm³/mol. The summed E-state index contributed by atoms with van der Waals surface area (Å²) in [6.07, 6.45) is 3.09. The van der Waals surface area contributed by atoms with Crippen LogP contribution >= 0.6 is 11.6 Å². The van der Waals surface area contributed by atoms with Crippen LogP contribution in [-0.2, 0) is 0 Å². The molecule has 1 amide bonds. The third-order valence-electron chi connectivity index (χ3n) is 3.86. The minimum absolute atomic E-state index is 0.307. The number of aryl methyl sites for hydroxylation is 1. The summed E-state index contributed by atoms with van der Waals surface area (Å²) in [4.78, 5) is 20.8. The van der Waals surface area contributed by atoms with Gasteiger partial charge in [0, 0.05) is 5.69 Å². The smallest absolute Gasteiger partial charge is 0.257 e. The molecule has 0 radical (unpaired) electrons. The lowest BCUT2D eigenvalue weighted by atomic mass is 10.2. The molecule has 0 fully saturated rings. The summed E-state index contributed by atoms with van der Waals surface area (Å²) in [5, 5.41) is 7.54. The van der Waals surface area contributed by atoms with Gasteiger partial charge in [-0.05, 0) is 38.5 Å². The Kier molecular flexibility index (Phi) is 4.31.